The Balaban J connectivity index is 2.10. The fraction of sp³-hybridized carbons (Fsp3) is 0.176. The van der Waals surface area contributed by atoms with Crippen LogP contribution in [0.2, 0.25) is 0 Å². The molecule has 0 atom stereocenters. The number of aromatic nitrogens is 1. The largest absolute Gasteiger partial charge is 0.491 e. The van der Waals surface area contributed by atoms with Crippen molar-refractivity contribution in [1.82, 2.24) is 4.98 Å². The lowest BCUT2D eigenvalue weighted by atomic mass is 10.1. The predicted octanol–water partition coefficient (Wildman–Crippen LogP) is 3.36. The summed E-state index contributed by atoms with van der Waals surface area (Å²) in [6, 6.07) is 15.0. The molecule has 1 aromatic heterocycles. The maximum Gasteiger partial charge on any atom is 0.197 e. The van der Waals surface area contributed by atoms with Crippen LogP contribution in [0.5, 0.6) is 5.75 Å². The zero-order valence-electron chi connectivity index (χ0n) is 11.4. The van der Waals surface area contributed by atoms with E-state index in [2.05, 4.69) is 11.1 Å². The van der Waals surface area contributed by atoms with Gasteiger partial charge in [-0.15, -0.1) is 0 Å². The predicted molar refractivity (Wildman–Crippen MR) is 82.4 cm³/mol. The Kier molecular flexibility index (Phi) is 3.57. The number of pyridine rings is 1. The highest BCUT2D eigenvalue weighted by atomic mass is 16.5. The third-order valence-corrected chi connectivity index (χ3v) is 3.39. The summed E-state index contributed by atoms with van der Waals surface area (Å²) in [5, 5.41) is 9.83. The summed E-state index contributed by atoms with van der Waals surface area (Å²) >= 11 is 0. The maximum absolute atomic E-state index is 12.5. The van der Waals surface area contributed by atoms with E-state index in [0.717, 1.165) is 5.52 Å². The van der Waals surface area contributed by atoms with Gasteiger partial charge in [0.2, 0.25) is 0 Å². The zero-order chi connectivity index (χ0) is 14.7. The molecule has 104 valence electrons. The first-order chi connectivity index (χ1) is 10.3. The van der Waals surface area contributed by atoms with Crippen LogP contribution in [0.15, 0.2) is 47.3 Å². The summed E-state index contributed by atoms with van der Waals surface area (Å²) in [5.41, 5.74) is 1.50. The van der Waals surface area contributed by atoms with Gasteiger partial charge in [-0.05, 0) is 30.7 Å². The summed E-state index contributed by atoms with van der Waals surface area (Å²) in [4.78, 5) is 15.8. The minimum Gasteiger partial charge on any atom is -0.491 e. The van der Waals surface area contributed by atoms with Crippen LogP contribution in [0.4, 0.5) is 0 Å². The number of nitrogens with zero attached hydrogens (tertiary/aromatic N) is 1. The molecule has 4 nitrogen and oxygen atoms in total. The van der Waals surface area contributed by atoms with Crippen molar-refractivity contribution in [2.45, 2.75) is 12.8 Å². The first-order valence-corrected chi connectivity index (χ1v) is 6.85. The summed E-state index contributed by atoms with van der Waals surface area (Å²) in [5.74, 6) is 0.647. The van der Waals surface area contributed by atoms with Crippen LogP contribution in [0.25, 0.3) is 21.8 Å². The Morgan fingerprint density at radius 2 is 1.90 bits per heavy atom. The summed E-state index contributed by atoms with van der Waals surface area (Å²) < 4.78 is 5.70. The first kappa shape index (κ1) is 13.2. The standard InChI is InChI=1S/C17H14N2O2/c18-10-3-4-11-21-15-9-5-7-13-16(15)19-14-8-2-1-6-12(14)17(13)20/h1-2,5-9H,3-4,11H2,(H,19,20). The molecule has 3 rings (SSSR count). The van der Waals surface area contributed by atoms with Gasteiger partial charge >= 0.3 is 0 Å². The van der Waals surface area contributed by atoms with E-state index in [-0.39, 0.29) is 5.43 Å². The molecule has 0 radical (unpaired) electrons. The molecule has 0 bridgehead atoms. The number of ether oxygens (including phenoxy) is 1. The molecular formula is C17H14N2O2. The van der Waals surface area contributed by atoms with Crippen LogP contribution in [-0.2, 0) is 0 Å². The summed E-state index contributed by atoms with van der Waals surface area (Å²) in [7, 11) is 0. The van der Waals surface area contributed by atoms with Crippen LogP contribution in [0.3, 0.4) is 0 Å². The van der Waals surface area contributed by atoms with Crippen molar-refractivity contribution in [3.63, 3.8) is 0 Å². The topological polar surface area (TPSA) is 65.9 Å². The molecule has 0 unspecified atom stereocenters. The van der Waals surface area contributed by atoms with E-state index in [1.54, 1.807) is 6.07 Å². The Bertz CT molecular complexity index is 891. The van der Waals surface area contributed by atoms with Crippen LogP contribution >= 0.6 is 0 Å². The number of fused-ring (bicyclic) bond motifs is 2. The van der Waals surface area contributed by atoms with Gasteiger partial charge in [0.25, 0.3) is 0 Å². The van der Waals surface area contributed by atoms with E-state index in [1.807, 2.05) is 36.4 Å². The van der Waals surface area contributed by atoms with E-state index in [1.165, 1.54) is 0 Å². The Morgan fingerprint density at radius 3 is 2.76 bits per heavy atom. The Hall–Kier alpha value is -2.80. The monoisotopic (exact) mass is 278 g/mol. The molecule has 1 heterocycles. The highest BCUT2D eigenvalue weighted by Crippen LogP contribution is 2.24. The fourth-order valence-electron chi connectivity index (χ4n) is 2.37. The smallest absolute Gasteiger partial charge is 0.197 e. The van der Waals surface area contributed by atoms with Crippen molar-refractivity contribution in [2.75, 3.05) is 6.61 Å². The van der Waals surface area contributed by atoms with Gasteiger partial charge in [-0.3, -0.25) is 4.79 Å². The van der Waals surface area contributed by atoms with E-state index >= 15 is 0 Å². The first-order valence-electron chi connectivity index (χ1n) is 6.85. The van der Waals surface area contributed by atoms with Gasteiger partial charge in [0.1, 0.15) is 5.75 Å². The number of nitriles is 1. The maximum atomic E-state index is 12.5. The molecule has 0 saturated carbocycles. The molecule has 0 aliphatic carbocycles. The van der Waals surface area contributed by atoms with Crippen LogP contribution in [0, 0.1) is 11.3 Å². The molecule has 0 aliphatic rings. The number of benzene rings is 2. The number of para-hydroxylation sites is 2. The second-order valence-corrected chi connectivity index (χ2v) is 4.79. The molecule has 1 N–H and O–H groups in total. The van der Waals surface area contributed by atoms with E-state index in [0.29, 0.717) is 41.5 Å². The van der Waals surface area contributed by atoms with Crippen molar-refractivity contribution in [3.8, 4) is 11.8 Å². The molecule has 0 spiro atoms. The highest BCUT2D eigenvalue weighted by Gasteiger charge is 2.08. The third kappa shape index (κ3) is 2.46. The number of hydrogen-bond acceptors (Lipinski definition) is 3. The third-order valence-electron chi connectivity index (χ3n) is 3.39. The number of rotatable bonds is 4. The lowest BCUT2D eigenvalue weighted by Crippen LogP contribution is -2.06. The minimum atomic E-state index is 0.00169. The highest BCUT2D eigenvalue weighted by molar-refractivity contribution is 5.95. The molecule has 4 heteroatoms. The van der Waals surface area contributed by atoms with Gasteiger partial charge in [-0.1, -0.05) is 18.2 Å². The van der Waals surface area contributed by atoms with E-state index in [9.17, 15) is 4.79 Å². The summed E-state index contributed by atoms with van der Waals surface area (Å²) in [6.07, 6.45) is 1.13. The van der Waals surface area contributed by atoms with Crippen LogP contribution in [-0.4, -0.2) is 11.6 Å². The van der Waals surface area contributed by atoms with Crippen molar-refractivity contribution in [3.05, 3.63) is 52.7 Å². The fourth-order valence-corrected chi connectivity index (χ4v) is 2.37. The Labute approximate surface area is 121 Å². The lowest BCUT2D eigenvalue weighted by Gasteiger charge is -2.09. The number of nitrogens with one attached hydrogen (secondary N) is 1. The minimum absolute atomic E-state index is 0.00169. The molecule has 2 aromatic carbocycles. The van der Waals surface area contributed by atoms with E-state index < -0.39 is 0 Å². The van der Waals surface area contributed by atoms with Crippen molar-refractivity contribution in [2.24, 2.45) is 0 Å². The zero-order valence-corrected chi connectivity index (χ0v) is 11.4. The molecule has 0 amide bonds. The number of hydrogen-bond donors (Lipinski definition) is 1. The van der Waals surface area contributed by atoms with Crippen LogP contribution < -0.4 is 10.2 Å². The van der Waals surface area contributed by atoms with Gasteiger partial charge in [-0.25, -0.2) is 0 Å². The lowest BCUT2D eigenvalue weighted by molar-refractivity contribution is 0.316. The summed E-state index contributed by atoms with van der Waals surface area (Å²) in [6.45, 7) is 0.460. The number of unbranched alkanes of at least 4 members (excludes halogenated alkanes) is 1. The van der Waals surface area contributed by atoms with E-state index in [4.69, 9.17) is 10.00 Å². The van der Waals surface area contributed by atoms with Crippen molar-refractivity contribution >= 4 is 21.8 Å². The second-order valence-electron chi connectivity index (χ2n) is 4.79. The Morgan fingerprint density at radius 1 is 1.10 bits per heavy atom. The van der Waals surface area contributed by atoms with Gasteiger partial charge in [0.05, 0.1) is 18.2 Å². The van der Waals surface area contributed by atoms with Crippen LogP contribution in [0.1, 0.15) is 12.8 Å². The van der Waals surface area contributed by atoms with Gasteiger partial charge < -0.3 is 9.72 Å². The quantitative estimate of drug-likeness (QED) is 0.587. The average Bonchev–Trinajstić information content (AvgIpc) is 2.52. The molecule has 21 heavy (non-hydrogen) atoms. The molecule has 0 aliphatic heterocycles. The molecule has 0 saturated heterocycles. The number of H-pyrrole nitrogens is 1. The van der Waals surface area contributed by atoms with Gasteiger partial charge in [0.15, 0.2) is 5.43 Å². The van der Waals surface area contributed by atoms with Crippen molar-refractivity contribution in [1.29, 1.82) is 5.26 Å². The SMILES string of the molecule is N#CCCCOc1cccc2c(=O)c3ccccc3[nH]c12. The van der Waals surface area contributed by atoms with Gasteiger partial charge in [0, 0.05) is 22.7 Å². The molecular weight excluding hydrogens is 264 g/mol. The molecule has 0 fully saturated rings. The average molecular weight is 278 g/mol. The normalized spacial score (nSPS) is 10.6. The second kappa shape index (κ2) is 5.68. The molecule has 3 aromatic rings. The van der Waals surface area contributed by atoms with Gasteiger partial charge in [-0.2, -0.15) is 5.26 Å². The number of aromatic amines is 1. The van der Waals surface area contributed by atoms with Crippen molar-refractivity contribution < 1.29 is 4.74 Å².